The number of carbonyl (C=O) groups excluding carboxylic acids is 1. The van der Waals surface area contributed by atoms with Crippen molar-refractivity contribution < 1.29 is 24.7 Å². The molecule has 4 N–H and O–H groups in total. The summed E-state index contributed by atoms with van der Waals surface area (Å²) in [5.74, 6) is 0.111. The van der Waals surface area contributed by atoms with Crippen molar-refractivity contribution in [2.24, 2.45) is 0 Å². The number of hydrogen-bond acceptors (Lipinski definition) is 4. The average Bonchev–Trinajstić information content (AvgIpc) is 3.51. The standard InChI is InChI=1S/C28H26N4O4/c1-28-26(35-3)17(29-2)11-20(36-28)31-18-9-8-13(33)10-15(18)22-23-16(12-30-27(23)34)21-14-6-4-5-7-19(14)32(28)25(21)24(22)31/h4-10,17,20,26,29,33H,11-12H2,1-3H3,(H,30,34)/p+1/t17-,20-,26-,28+/m1/s1. The number of nitrogens with zero attached hydrogens (tertiary/aromatic N) is 2. The quantitative estimate of drug-likeness (QED) is 0.360. The van der Waals surface area contributed by atoms with Gasteiger partial charge < -0.3 is 34.3 Å². The van der Waals surface area contributed by atoms with Gasteiger partial charge in [0.25, 0.3) is 5.91 Å². The molecule has 0 aliphatic carbocycles. The molecule has 4 atom stereocenters. The van der Waals surface area contributed by atoms with Gasteiger partial charge in [-0.15, -0.1) is 0 Å². The van der Waals surface area contributed by atoms with Crippen molar-refractivity contribution in [3.8, 4) is 5.75 Å². The fourth-order valence-corrected chi connectivity index (χ4v) is 7.47. The van der Waals surface area contributed by atoms with Gasteiger partial charge in [-0.2, -0.15) is 0 Å². The summed E-state index contributed by atoms with van der Waals surface area (Å²) in [5.41, 5.74) is 4.98. The molecule has 3 aromatic carbocycles. The Morgan fingerprint density at radius 1 is 1.14 bits per heavy atom. The summed E-state index contributed by atoms with van der Waals surface area (Å²) >= 11 is 0. The van der Waals surface area contributed by atoms with E-state index in [2.05, 4.69) is 58.0 Å². The first kappa shape index (κ1) is 20.6. The minimum Gasteiger partial charge on any atom is -0.508 e. The van der Waals surface area contributed by atoms with Gasteiger partial charge in [-0.25, -0.2) is 0 Å². The van der Waals surface area contributed by atoms with Gasteiger partial charge in [0.1, 0.15) is 18.0 Å². The number of hydrogen-bond donors (Lipinski definition) is 3. The highest BCUT2D eigenvalue weighted by Gasteiger charge is 2.54. The van der Waals surface area contributed by atoms with Crippen LogP contribution >= 0.6 is 0 Å². The number of quaternary nitrogens is 1. The molecule has 5 aromatic rings. The van der Waals surface area contributed by atoms with Crippen molar-refractivity contribution in [3.05, 3.63) is 53.6 Å². The van der Waals surface area contributed by atoms with Crippen LogP contribution in [0.4, 0.5) is 0 Å². The van der Waals surface area contributed by atoms with Crippen molar-refractivity contribution in [2.45, 2.75) is 44.0 Å². The molecule has 5 heterocycles. The molecule has 1 saturated heterocycles. The summed E-state index contributed by atoms with van der Waals surface area (Å²) < 4.78 is 17.8. The van der Waals surface area contributed by atoms with E-state index in [-0.39, 0.29) is 30.0 Å². The number of benzene rings is 3. The van der Waals surface area contributed by atoms with Gasteiger partial charge in [-0.1, -0.05) is 18.2 Å². The van der Waals surface area contributed by atoms with Crippen LogP contribution in [0.15, 0.2) is 42.5 Å². The number of phenols is 1. The third kappa shape index (κ3) is 2.16. The van der Waals surface area contributed by atoms with E-state index in [1.165, 1.54) is 0 Å². The third-order valence-corrected chi connectivity index (χ3v) is 8.77. The van der Waals surface area contributed by atoms with E-state index in [9.17, 15) is 9.90 Å². The topological polar surface area (TPSA) is 94.3 Å². The highest BCUT2D eigenvalue weighted by Crippen LogP contribution is 2.53. The Balaban J connectivity index is 1.72. The number of carbonyl (C=O) groups is 1. The highest BCUT2D eigenvalue weighted by atomic mass is 16.6. The maximum atomic E-state index is 13.3. The van der Waals surface area contributed by atoms with Crippen LogP contribution < -0.4 is 10.6 Å². The summed E-state index contributed by atoms with van der Waals surface area (Å²) in [7, 11) is 3.86. The Hall–Kier alpha value is -3.59. The molecule has 3 aliphatic rings. The predicted octanol–water partition coefficient (Wildman–Crippen LogP) is 3.03. The zero-order chi connectivity index (χ0) is 24.5. The van der Waals surface area contributed by atoms with E-state index in [4.69, 9.17) is 9.47 Å². The number of methoxy groups -OCH3 is 1. The van der Waals surface area contributed by atoms with Crippen molar-refractivity contribution in [3.63, 3.8) is 0 Å². The number of aromatic nitrogens is 2. The lowest BCUT2D eigenvalue weighted by Crippen LogP contribution is -2.91. The molecular weight excluding hydrogens is 456 g/mol. The molecule has 8 nitrogen and oxygen atoms in total. The molecule has 182 valence electrons. The van der Waals surface area contributed by atoms with Crippen LogP contribution in [0.1, 0.15) is 35.5 Å². The second-order valence-electron chi connectivity index (χ2n) is 10.4. The molecule has 2 aromatic heterocycles. The maximum Gasteiger partial charge on any atom is 0.252 e. The molecule has 8 rings (SSSR count). The first-order chi connectivity index (χ1) is 17.5. The molecule has 0 spiro atoms. The first-order valence-electron chi connectivity index (χ1n) is 12.5. The van der Waals surface area contributed by atoms with Crippen LogP contribution in [0.25, 0.3) is 43.6 Å². The highest BCUT2D eigenvalue weighted by molar-refractivity contribution is 6.31. The minimum absolute atomic E-state index is 0.0694. The Morgan fingerprint density at radius 2 is 1.97 bits per heavy atom. The minimum atomic E-state index is -0.782. The monoisotopic (exact) mass is 483 g/mol. The second-order valence-corrected chi connectivity index (χ2v) is 10.4. The number of nitrogens with two attached hydrogens (primary N) is 1. The summed E-state index contributed by atoms with van der Waals surface area (Å²) in [4.78, 5) is 13.3. The lowest BCUT2D eigenvalue weighted by molar-refractivity contribution is -0.683. The Labute approximate surface area is 206 Å². The third-order valence-electron chi connectivity index (χ3n) is 8.77. The Bertz CT molecular complexity index is 1800. The molecule has 3 aliphatic heterocycles. The van der Waals surface area contributed by atoms with Gasteiger partial charge >= 0.3 is 0 Å². The van der Waals surface area contributed by atoms with E-state index in [1.54, 1.807) is 19.2 Å². The van der Waals surface area contributed by atoms with E-state index < -0.39 is 5.72 Å². The zero-order valence-corrected chi connectivity index (χ0v) is 20.3. The summed E-state index contributed by atoms with van der Waals surface area (Å²) in [6.07, 6.45) is 0.287. The van der Waals surface area contributed by atoms with Gasteiger partial charge in [0.2, 0.25) is 0 Å². The van der Waals surface area contributed by atoms with Crippen LogP contribution in [0.2, 0.25) is 0 Å². The molecule has 1 amide bonds. The normalized spacial score (nSPS) is 26.9. The molecule has 2 bridgehead atoms. The van der Waals surface area contributed by atoms with Crippen molar-refractivity contribution >= 4 is 49.5 Å². The smallest absolute Gasteiger partial charge is 0.252 e. The second kappa shape index (κ2) is 6.59. The van der Waals surface area contributed by atoms with Crippen LogP contribution in [0, 0.1) is 0 Å². The molecule has 0 unspecified atom stereocenters. The lowest BCUT2D eigenvalue weighted by atomic mass is 9.93. The van der Waals surface area contributed by atoms with Crippen LogP contribution in [0.5, 0.6) is 5.75 Å². The summed E-state index contributed by atoms with van der Waals surface area (Å²) in [6.45, 7) is 2.61. The predicted molar refractivity (Wildman–Crippen MR) is 136 cm³/mol. The Kier molecular flexibility index (Phi) is 3.77. The fourth-order valence-electron chi connectivity index (χ4n) is 7.47. The van der Waals surface area contributed by atoms with Gasteiger partial charge in [-0.3, -0.25) is 4.79 Å². The van der Waals surface area contributed by atoms with Crippen LogP contribution in [0.3, 0.4) is 0 Å². The van der Waals surface area contributed by atoms with Crippen molar-refractivity contribution in [1.29, 1.82) is 0 Å². The van der Waals surface area contributed by atoms with E-state index in [0.717, 1.165) is 55.6 Å². The lowest BCUT2D eigenvalue weighted by Gasteiger charge is -2.46. The molecule has 0 radical (unpaired) electrons. The average molecular weight is 484 g/mol. The number of para-hydroxylation sites is 1. The van der Waals surface area contributed by atoms with Gasteiger partial charge in [-0.05, 0) is 36.8 Å². The number of likely N-dealkylation sites (N-methyl/N-ethyl adjacent to an activating group) is 1. The first-order valence-corrected chi connectivity index (χ1v) is 12.5. The van der Waals surface area contributed by atoms with Crippen molar-refractivity contribution in [2.75, 3.05) is 14.2 Å². The van der Waals surface area contributed by atoms with E-state index in [0.29, 0.717) is 12.1 Å². The van der Waals surface area contributed by atoms with Crippen LogP contribution in [-0.2, 0) is 21.7 Å². The van der Waals surface area contributed by atoms with Gasteiger partial charge in [0.15, 0.2) is 11.8 Å². The maximum absolute atomic E-state index is 13.3. The number of fused-ring (bicyclic) bond motifs is 13. The summed E-state index contributed by atoms with van der Waals surface area (Å²) in [6, 6.07) is 14.0. The van der Waals surface area contributed by atoms with Crippen LogP contribution in [-0.4, -0.2) is 46.5 Å². The molecule has 1 fully saturated rings. The SMILES string of the molecule is C[NH2+][C@@H]1C[C@H]2O[C@@](C)([C@@H]1OC)n1c3ccccc3c3c4c(c5c6cc(O)ccc6n2c5c31)C(=O)NC4. The van der Waals surface area contributed by atoms with E-state index >= 15 is 0 Å². The Morgan fingerprint density at radius 3 is 2.78 bits per heavy atom. The van der Waals surface area contributed by atoms with Gasteiger partial charge in [0, 0.05) is 41.6 Å². The summed E-state index contributed by atoms with van der Waals surface area (Å²) in [5, 5.41) is 19.7. The molecular formula is C28H27N4O4+. The number of amides is 1. The number of ether oxygens (including phenoxy) is 2. The molecule has 36 heavy (non-hydrogen) atoms. The number of aromatic hydroxyl groups is 1. The fraction of sp³-hybridized carbons (Fsp3) is 0.321. The number of phenolic OH excluding ortho intramolecular Hbond substituents is 1. The van der Waals surface area contributed by atoms with Gasteiger partial charge in [0.05, 0.1) is 34.7 Å². The van der Waals surface area contributed by atoms with E-state index in [1.807, 2.05) is 6.07 Å². The number of rotatable bonds is 2. The number of nitrogens with one attached hydrogen (secondary N) is 1. The van der Waals surface area contributed by atoms with Crippen molar-refractivity contribution in [1.82, 2.24) is 14.5 Å². The largest absolute Gasteiger partial charge is 0.508 e. The molecule has 8 heteroatoms. The zero-order valence-electron chi connectivity index (χ0n) is 20.3. The molecule has 0 saturated carbocycles.